The van der Waals surface area contributed by atoms with Gasteiger partial charge in [0.2, 0.25) is 0 Å². The molecule has 2 fully saturated rings. The molecule has 6 nitrogen and oxygen atoms in total. The highest BCUT2D eigenvalue weighted by molar-refractivity contribution is 5.68. The van der Waals surface area contributed by atoms with Crippen molar-refractivity contribution in [1.82, 2.24) is 15.5 Å². The minimum Gasteiger partial charge on any atom is -0.490 e. The maximum Gasteiger partial charge on any atom is 0.410 e. The van der Waals surface area contributed by atoms with Crippen molar-refractivity contribution in [1.29, 1.82) is 0 Å². The molecule has 1 aliphatic heterocycles. The predicted molar refractivity (Wildman–Crippen MR) is 135 cm³/mol. The molecule has 2 aromatic rings. The van der Waals surface area contributed by atoms with Gasteiger partial charge in [0.15, 0.2) is 0 Å². The van der Waals surface area contributed by atoms with Crippen molar-refractivity contribution < 1.29 is 18.7 Å². The molecule has 0 atom stereocenters. The van der Waals surface area contributed by atoms with Gasteiger partial charge in [0.05, 0.1) is 6.10 Å². The Kier molecular flexibility index (Phi) is 8.29. The van der Waals surface area contributed by atoms with Crippen LogP contribution in [-0.2, 0) is 24.4 Å². The van der Waals surface area contributed by atoms with E-state index in [1.165, 1.54) is 11.6 Å². The summed E-state index contributed by atoms with van der Waals surface area (Å²) in [5.74, 6) is 0.705. The lowest BCUT2D eigenvalue weighted by Gasteiger charge is -2.34. The van der Waals surface area contributed by atoms with Crippen molar-refractivity contribution >= 4 is 6.09 Å². The van der Waals surface area contributed by atoms with E-state index in [-0.39, 0.29) is 18.0 Å². The summed E-state index contributed by atoms with van der Waals surface area (Å²) >= 11 is 0. The van der Waals surface area contributed by atoms with Crippen molar-refractivity contribution in [2.75, 3.05) is 13.1 Å². The van der Waals surface area contributed by atoms with Gasteiger partial charge in [-0.05, 0) is 87.4 Å². The zero-order valence-corrected chi connectivity index (χ0v) is 21.1. The van der Waals surface area contributed by atoms with Crippen LogP contribution in [0.25, 0.3) is 0 Å². The topological polar surface area (TPSA) is 62.8 Å². The van der Waals surface area contributed by atoms with Crippen molar-refractivity contribution in [2.24, 2.45) is 0 Å². The number of hydrogen-bond donors (Lipinski definition) is 2. The molecule has 1 amide bonds. The zero-order valence-electron chi connectivity index (χ0n) is 21.1. The molecule has 0 bridgehead atoms. The van der Waals surface area contributed by atoms with E-state index in [0.29, 0.717) is 32.3 Å². The number of benzene rings is 2. The van der Waals surface area contributed by atoms with E-state index in [9.17, 15) is 9.18 Å². The maximum absolute atomic E-state index is 14.0. The number of piperidine rings is 1. The Bertz CT molecular complexity index is 978. The average Bonchev–Trinajstić information content (AvgIpc) is 3.63. The van der Waals surface area contributed by atoms with Gasteiger partial charge in [-0.1, -0.05) is 18.2 Å². The summed E-state index contributed by atoms with van der Waals surface area (Å²) < 4.78 is 25.3. The average molecular weight is 484 g/mol. The molecule has 0 radical (unpaired) electrons. The summed E-state index contributed by atoms with van der Waals surface area (Å²) in [6, 6.07) is 13.5. The lowest BCUT2D eigenvalue weighted by atomic mass is 10.0. The third-order valence-corrected chi connectivity index (χ3v) is 6.29. The number of hydrogen-bond acceptors (Lipinski definition) is 5. The van der Waals surface area contributed by atoms with Gasteiger partial charge in [0.25, 0.3) is 0 Å². The fourth-order valence-corrected chi connectivity index (χ4v) is 4.18. The smallest absolute Gasteiger partial charge is 0.410 e. The van der Waals surface area contributed by atoms with E-state index in [4.69, 9.17) is 9.47 Å². The van der Waals surface area contributed by atoms with Crippen LogP contribution < -0.4 is 15.4 Å². The second kappa shape index (κ2) is 11.4. The van der Waals surface area contributed by atoms with E-state index in [1.807, 2.05) is 39.0 Å². The molecule has 0 aromatic heterocycles. The minimum absolute atomic E-state index is 0.225. The van der Waals surface area contributed by atoms with Crippen molar-refractivity contribution in [2.45, 2.75) is 83.8 Å². The van der Waals surface area contributed by atoms with Crippen LogP contribution >= 0.6 is 0 Å². The van der Waals surface area contributed by atoms with Crippen LogP contribution in [0.3, 0.4) is 0 Å². The second-order valence-electron chi connectivity index (χ2n) is 10.6. The van der Waals surface area contributed by atoms with Gasteiger partial charge in [0, 0.05) is 38.8 Å². The fourth-order valence-electron chi connectivity index (χ4n) is 4.18. The molecular formula is C28H38FN3O3. The number of nitrogens with one attached hydrogen (secondary N) is 2. The zero-order chi connectivity index (χ0) is 24.8. The number of carbonyl (C=O) groups excluding carboxylic acids is 1. The fraction of sp³-hybridized carbons (Fsp3) is 0.536. The third kappa shape index (κ3) is 8.22. The van der Waals surface area contributed by atoms with Crippen LogP contribution in [0.4, 0.5) is 9.18 Å². The molecule has 0 unspecified atom stereocenters. The molecule has 0 spiro atoms. The van der Waals surface area contributed by atoms with Crippen LogP contribution in [0.2, 0.25) is 0 Å². The van der Waals surface area contributed by atoms with Gasteiger partial charge in [-0.2, -0.15) is 0 Å². The molecule has 7 heteroatoms. The number of halogens is 1. The first kappa shape index (κ1) is 25.5. The summed E-state index contributed by atoms with van der Waals surface area (Å²) in [7, 11) is 0. The molecular weight excluding hydrogens is 445 g/mol. The first-order chi connectivity index (χ1) is 16.7. The van der Waals surface area contributed by atoms with Crippen LogP contribution in [0.5, 0.6) is 5.75 Å². The van der Waals surface area contributed by atoms with Crippen molar-refractivity contribution in [3.63, 3.8) is 0 Å². The highest BCUT2D eigenvalue weighted by Gasteiger charge is 2.27. The monoisotopic (exact) mass is 483 g/mol. The standard InChI is InChI=1S/C28H38FN3O3/c1-28(2,3)35-27(33)32-14-12-24(13-15-32)31-19-22-16-23(29)7-6-21(22)18-30-17-20-4-8-25(9-5-20)34-26-10-11-26/h4-9,16,24,26,30-31H,10-15,17-19H2,1-3H3. The Morgan fingerprint density at radius 2 is 1.69 bits per heavy atom. The van der Waals surface area contributed by atoms with E-state index >= 15 is 0 Å². The molecule has 1 saturated carbocycles. The van der Waals surface area contributed by atoms with Gasteiger partial charge < -0.3 is 25.0 Å². The molecule has 1 aliphatic carbocycles. The van der Waals surface area contributed by atoms with Crippen LogP contribution in [0, 0.1) is 5.82 Å². The number of rotatable bonds is 9. The summed E-state index contributed by atoms with van der Waals surface area (Å²) in [6.07, 6.45) is 4.17. The largest absolute Gasteiger partial charge is 0.490 e. The molecule has 4 rings (SSSR count). The first-order valence-corrected chi connectivity index (χ1v) is 12.7. The van der Waals surface area contributed by atoms with E-state index < -0.39 is 5.60 Å². The van der Waals surface area contributed by atoms with Crippen LogP contribution in [-0.4, -0.2) is 41.8 Å². The number of carbonyl (C=O) groups is 1. The molecule has 190 valence electrons. The minimum atomic E-state index is -0.484. The normalized spacial score (nSPS) is 16.9. The predicted octanol–water partition coefficient (Wildman–Crippen LogP) is 5.15. The van der Waals surface area contributed by atoms with Crippen molar-refractivity contribution in [3.05, 3.63) is 65.0 Å². The summed E-state index contributed by atoms with van der Waals surface area (Å²) in [4.78, 5) is 14.0. The lowest BCUT2D eigenvalue weighted by Crippen LogP contribution is -2.46. The van der Waals surface area contributed by atoms with Gasteiger partial charge in [-0.15, -0.1) is 0 Å². The van der Waals surface area contributed by atoms with E-state index in [1.54, 1.807) is 11.0 Å². The highest BCUT2D eigenvalue weighted by Crippen LogP contribution is 2.26. The summed E-state index contributed by atoms with van der Waals surface area (Å²) in [6.45, 7) is 8.95. The molecule has 1 saturated heterocycles. The Morgan fingerprint density at radius 1 is 0.971 bits per heavy atom. The molecule has 2 aromatic carbocycles. The van der Waals surface area contributed by atoms with E-state index in [2.05, 4.69) is 22.8 Å². The quantitative estimate of drug-likeness (QED) is 0.517. The lowest BCUT2D eigenvalue weighted by molar-refractivity contribution is 0.0198. The maximum atomic E-state index is 14.0. The highest BCUT2D eigenvalue weighted by atomic mass is 19.1. The van der Waals surface area contributed by atoms with Gasteiger partial charge in [0.1, 0.15) is 17.2 Å². The number of amides is 1. The SMILES string of the molecule is CC(C)(C)OC(=O)N1CCC(NCc2cc(F)ccc2CNCc2ccc(OC3CC3)cc2)CC1. The van der Waals surface area contributed by atoms with Crippen LogP contribution in [0.1, 0.15) is 63.1 Å². The summed E-state index contributed by atoms with van der Waals surface area (Å²) in [5.41, 5.74) is 2.74. The Morgan fingerprint density at radius 3 is 2.34 bits per heavy atom. The van der Waals surface area contributed by atoms with Gasteiger partial charge in [-0.3, -0.25) is 0 Å². The number of likely N-dealkylation sites (tertiary alicyclic amines) is 1. The molecule has 1 heterocycles. The van der Waals surface area contributed by atoms with Crippen LogP contribution in [0.15, 0.2) is 42.5 Å². The molecule has 2 N–H and O–H groups in total. The summed E-state index contributed by atoms with van der Waals surface area (Å²) in [5, 5.41) is 7.04. The first-order valence-electron chi connectivity index (χ1n) is 12.7. The van der Waals surface area contributed by atoms with E-state index in [0.717, 1.165) is 49.1 Å². The Balaban J connectivity index is 1.23. The van der Waals surface area contributed by atoms with Crippen molar-refractivity contribution in [3.8, 4) is 5.75 Å². The third-order valence-electron chi connectivity index (χ3n) is 6.29. The number of nitrogens with zero attached hydrogens (tertiary/aromatic N) is 1. The second-order valence-corrected chi connectivity index (χ2v) is 10.6. The Labute approximate surface area is 208 Å². The molecule has 35 heavy (non-hydrogen) atoms. The molecule has 2 aliphatic rings. The number of ether oxygens (including phenoxy) is 2. The Hall–Kier alpha value is -2.64. The van der Waals surface area contributed by atoms with Gasteiger partial charge >= 0.3 is 6.09 Å². The van der Waals surface area contributed by atoms with Gasteiger partial charge in [-0.25, -0.2) is 9.18 Å².